The number of rotatable bonds is 8. The molecule has 1 aliphatic carbocycles. The Balaban J connectivity index is 1.99. The van der Waals surface area contributed by atoms with E-state index in [9.17, 15) is 4.79 Å². The fraction of sp³-hybridized carbons (Fsp3) is 0.917. The Bertz CT molecular complexity index is 217. The van der Waals surface area contributed by atoms with Crippen LogP contribution in [0.2, 0.25) is 0 Å². The topological polar surface area (TPSA) is 64.4 Å². The summed E-state index contributed by atoms with van der Waals surface area (Å²) < 4.78 is 5.42. The van der Waals surface area contributed by atoms with Crippen LogP contribution in [0.25, 0.3) is 0 Å². The highest BCUT2D eigenvalue weighted by molar-refractivity contribution is 5.81. The highest BCUT2D eigenvalue weighted by Gasteiger charge is 2.21. The SMILES string of the molecule is CC[C@H](C)[C@H](N)C(=O)NCCOCC1CC1. The van der Waals surface area contributed by atoms with Crippen LogP contribution in [0, 0.1) is 11.8 Å². The Morgan fingerprint density at radius 3 is 2.81 bits per heavy atom. The molecule has 0 aromatic rings. The number of hydrogen-bond donors (Lipinski definition) is 2. The molecule has 0 bridgehead atoms. The molecule has 4 nitrogen and oxygen atoms in total. The van der Waals surface area contributed by atoms with Gasteiger partial charge in [0.1, 0.15) is 0 Å². The van der Waals surface area contributed by atoms with E-state index < -0.39 is 6.04 Å². The molecule has 1 amide bonds. The van der Waals surface area contributed by atoms with Crippen molar-refractivity contribution in [3.8, 4) is 0 Å². The first-order chi connectivity index (χ1) is 7.65. The number of carbonyl (C=O) groups is 1. The van der Waals surface area contributed by atoms with Gasteiger partial charge in [0.2, 0.25) is 5.91 Å². The molecule has 0 aromatic carbocycles. The van der Waals surface area contributed by atoms with Gasteiger partial charge < -0.3 is 15.8 Å². The molecule has 0 spiro atoms. The lowest BCUT2D eigenvalue weighted by Gasteiger charge is -2.17. The van der Waals surface area contributed by atoms with E-state index in [0.717, 1.165) is 18.9 Å². The molecule has 0 aliphatic heterocycles. The molecule has 16 heavy (non-hydrogen) atoms. The molecule has 0 saturated heterocycles. The molecular weight excluding hydrogens is 204 g/mol. The van der Waals surface area contributed by atoms with Gasteiger partial charge in [0.25, 0.3) is 0 Å². The highest BCUT2D eigenvalue weighted by atomic mass is 16.5. The van der Waals surface area contributed by atoms with Crippen LogP contribution in [0.3, 0.4) is 0 Å². The summed E-state index contributed by atoms with van der Waals surface area (Å²) in [5.41, 5.74) is 5.79. The smallest absolute Gasteiger partial charge is 0.237 e. The molecule has 0 unspecified atom stereocenters. The standard InChI is InChI=1S/C12H24N2O2/c1-3-9(2)11(13)12(15)14-6-7-16-8-10-4-5-10/h9-11H,3-8,13H2,1-2H3,(H,14,15)/t9-,11-/m0/s1. The van der Waals surface area contributed by atoms with Crippen molar-refractivity contribution in [3.63, 3.8) is 0 Å². The zero-order valence-electron chi connectivity index (χ0n) is 10.4. The Morgan fingerprint density at radius 2 is 2.25 bits per heavy atom. The second-order valence-electron chi connectivity index (χ2n) is 4.72. The monoisotopic (exact) mass is 228 g/mol. The van der Waals surface area contributed by atoms with E-state index in [1.165, 1.54) is 12.8 Å². The predicted octanol–water partition coefficient (Wildman–Crippen LogP) is 0.903. The second-order valence-corrected chi connectivity index (χ2v) is 4.72. The first-order valence-electron chi connectivity index (χ1n) is 6.26. The number of hydrogen-bond acceptors (Lipinski definition) is 3. The van der Waals surface area contributed by atoms with E-state index in [4.69, 9.17) is 10.5 Å². The van der Waals surface area contributed by atoms with Crippen LogP contribution in [0.1, 0.15) is 33.1 Å². The van der Waals surface area contributed by atoms with Gasteiger partial charge in [0.05, 0.1) is 12.6 Å². The number of amides is 1. The molecule has 0 heterocycles. The van der Waals surface area contributed by atoms with Gasteiger partial charge in [-0.3, -0.25) is 4.79 Å². The van der Waals surface area contributed by atoms with Crippen molar-refractivity contribution in [2.45, 2.75) is 39.2 Å². The van der Waals surface area contributed by atoms with Crippen molar-refractivity contribution >= 4 is 5.91 Å². The summed E-state index contributed by atoms with van der Waals surface area (Å²) >= 11 is 0. The van der Waals surface area contributed by atoms with E-state index in [1.807, 2.05) is 13.8 Å². The fourth-order valence-corrected chi connectivity index (χ4v) is 1.41. The summed E-state index contributed by atoms with van der Waals surface area (Å²) in [4.78, 5) is 11.6. The minimum absolute atomic E-state index is 0.0654. The van der Waals surface area contributed by atoms with E-state index in [2.05, 4.69) is 5.32 Å². The maximum absolute atomic E-state index is 11.6. The largest absolute Gasteiger partial charge is 0.379 e. The fourth-order valence-electron chi connectivity index (χ4n) is 1.41. The van der Waals surface area contributed by atoms with Crippen molar-refractivity contribution in [2.24, 2.45) is 17.6 Å². The van der Waals surface area contributed by atoms with Crippen LogP contribution >= 0.6 is 0 Å². The van der Waals surface area contributed by atoms with Gasteiger partial charge in [-0.2, -0.15) is 0 Å². The average molecular weight is 228 g/mol. The summed E-state index contributed by atoms with van der Waals surface area (Å²) in [6.45, 7) is 6.03. The summed E-state index contributed by atoms with van der Waals surface area (Å²) in [6.07, 6.45) is 3.52. The second kappa shape index (κ2) is 6.86. The van der Waals surface area contributed by atoms with Gasteiger partial charge in [0.15, 0.2) is 0 Å². The molecule has 3 N–H and O–H groups in total. The van der Waals surface area contributed by atoms with Crippen molar-refractivity contribution in [1.82, 2.24) is 5.32 Å². The molecule has 0 radical (unpaired) electrons. The number of carbonyl (C=O) groups excluding carboxylic acids is 1. The number of ether oxygens (including phenoxy) is 1. The van der Waals surface area contributed by atoms with Crippen LogP contribution in [0.4, 0.5) is 0 Å². The molecule has 94 valence electrons. The Labute approximate surface area is 97.9 Å². The third-order valence-electron chi connectivity index (χ3n) is 3.16. The predicted molar refractivity (Wildman–Crippen MR) is 64.0 cm³/mol. The van der Waals surface area contributed by atoms with E-state index in [0.29, 0.717) is 13.2 Å². The Kier molecular flexibility index (Phi) is 5.77. The third-order valence-corrected chi connectivity index (χ3v) is 3.16. The van der Waals surface area contributed by atoms with Gasteiger partial charge >= 0.3 is 0 Å². The molecule has 1 saturated carbocycles. The molecule has 2 atom stereocenters. The van der Waals surface area contributed by atoms with E-state index >= 15 is 0 Å². The number of nitrogens with one attached hydrogen (secondary N) is 1. The van der Waals surface area contributed by atoms with Gasteiger partial charge in [-0.25, -0.2) is 0 Å². The summed E-state index contributed by atoms with van der Waals surface area (Å²) in [6, 6.07) is -0.395. The lowest BCUT2D eigenvalue weighted by Crippen LogP contribution is -2.45. The van der Waals surface area contributed by atoms with Crippen molar-refractivity contribution in [1.29, 1.82) is 0 Å². The minimum atomic E-state index is -0.395. The van der Waals surface area contributed by atoms with Crippen LogP contribution < -0.4 is 11.1 Å². The maximum atomic E-state index is 11.6. The molecule has 1 aliphatic rings. The number of nitrogens with two attached hydrogens (primary N) is 1. The summed E-state index contributed by atoms with van der Waals surface area (Å²) in [5, 5.41) is 2.80. The zero-order chi connectivity index (χ0) is 12.0. The highest BCUT2D eigenvalue weighted by Crippen LogP contribution is 2.28. The van der Waals surface area contributed by atoms with Crippen molar-refractivity contribution in [3.05, 3.63) is 0 Å². The molecule has 1 rings (SSSR count). The van der Waals surface area contributed by atoms with Gasteiger partial charge in [-0.15, -0.1) is 0 Å². The van der Waals surface area contributed by atoms with Gasteiger partial charge in [0, 0.05) is 13.2 Å². The first kappa shape index (κ1) is 13.5. The van der Waals surface area contributed by atoms with Crippen LogP contribution in [-0.4, -0.2) is 31.7 Å². The Hall–Kier alpha value is -0.610. The zero-order valence-corrected chi connectivity index (χ0v) is 10.4. The van der Waals surface area contributed by atoms with Crippen LogP contribution in [0.5, 0.6) is 0 Å². The van der Waals surface area contributed by atoms with Crippen LogP contribution in [-0.2, 0) is 9.53 Å². The van der Waals surface area contributed by atoms with Crippen LogP contribution in [0.15, 0.2) is 0 Å². The van der Waals surface area contributed by atoms with E-state index in [1.54, 1.807) is 0 Å². The maximum Gasteiger partial charge on any atom is 0.237 e. The minimum Gasteiger partial charge on any atom is -0.379 e. The molecule has 4 heteroatoms. The van der Waals surface area contributed by atoms with Gasteiger partial charge in [-0.1, -0.05) is 20.3 Å². The first-order valence-corrected chi connectivity index (χ1v) is 6.26. The van der Waals surface area contributed by atoms with E-state index in [-0.39, 0.29) is 11.8 Å². The van der Waals surface area contributed by atoms with Crippen molar-refractivity contribution in [2.75, 3.05) is 19.8 Å². The lowest BCUT2D eigenvalue weighted by molar-refractivity contribution is -0.123. The molecular formula is C12H24N2O2. The average Bonchev–Trinajstić information content (AvgIpc) is 3.10. The molecule has 1 fully saturated rings. The van der Waals surface area contributed by atoms with Gasteiger partial charge in [-0.05, 0) is 24.7 Å². The Morgan fingerprint density at radius 1 is 1.56 bits per heavy atom. The molecule has 0 aromatic heterocycles. The quantitative estimate of drug-likeness (QED) is 0.607. The summed E-state index contributed by atoms with van der Waals surface area (Å²) in [7, 11) is 0. The normalized spacial score (nSPS) is 19.2. The lowest BCUT2D eigenvalue weighted by atomic mass is 9.99. The third kappa shape index (κ3) is 4.94. The van der Waals surface area contributed by atoms with Crippen molar-refractivity contribution < 1.29 is 9.53 Å². The summed E-state index contributed by atoms with van der Waals surface area (Å²) in [5.74, 6) is 0.940.